The molecule has 0 saturated heterocycles. The molecule has 0 bridgehead atoms. The van der Waals surface area contributed by atoms with Crippen molar-refractivity contribution in [3.8, 4) is 0 Å². The molecule has 0 aliphatic carbocycles. The third kappa shape index (κ3) is 2.98. The Hall–Kier alpha value is -2.70. The lowest BCUT2D eigenvalue weighted by atomic mass is 10.2. The Balaban J connectivity index is 1.81. The van der Waals surface area contributed by atoms with Gasteiger partial charge in [-0.1, -0.05) is 46.3 Å². The molecule has 1 aliphatic heterocycles. The van der Waals surface area contributed by atoms with Crippen molar-refractivity contribution in [3.63, 3.8) is 0 Å². The lowest BCUT2D eigenvalue weighted by molar-refractivity contribution is -0.120. The number of hydrogen-bond acceptors (Lipinski definition) is 4. The van der Waals surface area contributed by atoms with Crippen molar-refractivity contribution in [2.45, 2.75) is 0 Å². The van der Waals surface area contributed by atoms with Crippen LogP contribution in [0.1, 0.15) is 4.88 Å². The van der Waals surface area contributed by atoms with E-state index in [0.717, 1.165) is 15.0 Å². The quantitative estimate of drug-likeness (QED) is 0.605. The number of hydrogen-bond donors (Lipinski definition) is 1. The molecule has 1 aromatic heterocycles. The van der Waals surface area contributed by atoms with Crippen LogP contribution in [0.5, 0.6) is 0 Å². The SMILES string of the molecule is O=C1C(Nc2ccccc2)=C(c2cccs2)C(=O)N1c1cccc(Br)c1. The van der Waals surface area contributed by atoms with Crippen LogP contribution in [0.2, 0.25) is 0 Å². The molecule has 0 spiro atoms. The van der Waals surface area contributed by atoms with Gasteiger partial charge in [0, 0.05) is 15.0 Å². The largest absolute Gasteiger partial charge is 0.350 e. The van der Waals surface area contributed by atoms with Gasteiger partial charge in [-0.15, -0.1) is 11.3 Å². The fourth-order valence-corrected chi connectivity index (χ4v) is 3.97. The van der Waals surface area contributed by atoms with Gasteiger partial charge in [0.05, 0.1) is 11.3 Å². The molecular formula is C20H13BrN2O2S. The Labute approximate surface area is 162 Å². The number of halogens is 1. The number of anilines is 2. The van der Waals surface area contributed by atoms with Crippen molar-refractivity contribution in [1.29, 1.82) is 0 Å². The van der Waals surface area contributed by atoms with Crippen LogP contribution in [0.15, 0.2) is 82.3 Å². The number of rotatable bonds is 4. The second-order valence-electron chi connectivity index (χ2n) is 5.64. The molecule has 2 aromatic carbocycles. The minimum absolute atomic E-state index is 0.295. The Kier molecular flexibility index (Phi) is 4.44. The molecule has 2 amide bonds. The molecule has 0 radical (unpaired) electrons. The van der Waals surface area contributed by atoms with Crippen LogP contribution < -0.4 is 10.2 Å². The molecule has 2 heterocycles. The Morgan fingerprint density at radius 3 is 2.38 bits per heavy atom. The highest BCUT2D eigenvalue weighted by Gasteiger charge is 2.40. The van der Waals surface area contributed by atoms with Crippen molar-refractivity contribution in [1.82, 2.24) is 0 Å². The molecule has 0 unspecified atom stereocenters. The lowest BCUT2D eigenvalue weighted by Crippen LogP contribution is -2.32. The average Bonchev–Trinajstić information content (AvgIpc) is 3.23. The van der Waals surface area contributed by atoms with Gasteiger partial charge in [-0.3, -0.25) is 9.59 Å². The minimum atomic E-state index is -0.361. The Morgan fingerprint density at radius 2 is 1.69 bits per heavy atom. The van der Waals surface area contributed by atoms with Gasteiger partial charge in [0.25, 0.3) is 11.8 Å². The standard InChI is InChI=1S/C20H13BrN2O2S/c21-13-6-4-9-15(12-13)23-19(24)17(16-10-5-11-26-16)18(20(23)25)22-14-7-2-1-3-8-14/h1-12,22H. The highest BCUT2D eigenvalue weighted by molar-refractivity contribution is 9.10. The molecule has 3 aromatic rings. The normalized spacial score (nSPS) is 14.3. The first-order chi connectivity index (χ1) is 12.6. The van der Waals surface area contributed by atoms with Gasteiger partial charge in [-0.2, -0.15) is 0 Å². The zero-order valence-corrected chi connectivity index (χ0v) is 15.9. The van der Waals surface area contributed by atoms with Gasteiger partial charge in [0.15, 0.2) is 0 Å². The van der Waals surface area contributed by atoms with E-state index in [-0.39, 0.29) is 11.8 Å². The number of nitrogens with zero attached hydrogens (tertiary/aromatic N) is 1. The van der Waals surface area contributed by atoms with Crippen molar-refractivity contribution < 1.29 is 9.59 Å². The number of imide groups is 1. The van der Waals surface area contributed by atoms with Gasteiger partial charge in [-0.05, 0) is 41.8 Å². The number of para-hydroxylation sites is 1. The van der Waals surface area contributed by atoms with E-state index >= 15 is 0 Å². The molecule has 6 heteroatoms. The van der Waals surface area contributed by atoms with E-state index in [4.69, 9.17) is 0 Å². The van der Waals surface area contributed by atoms with Gasteiger partial charge in [-0.25, -0.2) is 4.90 Å². The predicted molar refractivity (Wildman–Crippen MR) is 108 cm³/mol. The molecule has 4 nitrogen and oxygen atoms in total. The van der Waals surface area contributed by atoms with E-state index in [0.29, 0.717) is 17.0 Å². The summed E-state index contributed by atoms with van der Waals surface area (Å²) in [5.41, 5.74) is 1.99. The fourth-order valence-electron chi connectivity index (χ4n) is 2.81. The fraction of sp³-hybridized carbons (Fsp3) is 0. The topological polar surface area (TPSA) is 49.4 Å². The molecule has 128 valence electrons. The van der Waals surface area contributed by atoms with E-state index in [1.54, 1.807) is 18.2 Å². The number of benzene rings is 2. The molecule has 0 saturated carbocycles. The molecule has 0 atom stereocenters. The highest BCUT2D eigenvalue weighted by Crippen LogP contribution is 2.36. The van der Waals surface area contributed by atoms with Crippen molar-refractivity contribution in [3.05, 3.63) is 87.2 Å². The summed E-state index contributed by atoms with van der Waals surface area (Å²) in [4.78, 5) is 28.2. The smallest absolute Gasteiger partial charge is 0.282 e. The first kappa shape index (κ1) is 16.8. The second kappa shape index (κ2) is 6.90. The molecular weight excluding hydrogens is 412 g/mol. The summed E-state index contributed by atoms with van der Waals surface area (Å²) in [7, 11) is 0. The summed E-state index contributed by atoms with van der Waals surface area (Å²) in [5.74, 6) is -0.686. The zero-order chi connectivity index (χ0) is 18.1. The first-order valence-electron chi connectivity index (χ1n) is 7.90. The summed E-state index contributed by atoms with van der Waals surface area (Å²) in [6.45, 7) is 0. The van der Waals surface area contributed by atoms with Gasteiger partial charge in [0.1, 0.15) is 5.70 Å². The van der Waals surface area contributed by atoms with E-state index in [9.17, 15) is 9.59 Å². The Bertz CT molecular complexity index is 1010. The second-order valence-corrected chi connectivity index (χ2v) is 7.51. The highest BCUT2D eigenvalue weighted by atomic mass is 79.9. The third-order valence-electron chi connectivity index (χ3n) is 3.96. The summed E-state index contributed by atoms with van der Waals surface area (Å²) in [5, 5.41) is 5.03. The Morgan fingerprint density at radius 1 is 0.885 bits per heavy atom. The zero-order valence-electron chi connectivity index (χ0n) is 13.5. The number of thiophene rings is 1. The molecule has 26 heavy (non-hydrogen) atoms. The van der Waals surface area contributed by atoms with E-state index in [1.165, 1.54) is 16.2 Å². The monoisotopic (exact) mass is 424 g/mol. The van der Waals surface area contributed by atoms with Crippen molar-refractivity contribution in [2.75, 3.05) is 10.2 Å². The summed E-state index contributed by atoms with van der Waals surface area (Å²) in [6, 6.07) is 20.2. The van der Waals surface area contributed by atoms with Crippen LogP contribution >= 0.6 is 27.3 Å². The van der Waals surface area contributed by atoms with Crippen molar-refractivity contribution >= 4 is 56.0 Å². The summed E-state index contributed by atoms with van der Waals surface area (Å²) >= 11 is 4.83. The van der Waals surface area contributed by atoms with E-state index < -0.39 is 0 Å². The maximum atomic E-state index is 13.1. The van der Waals surface area contributed by atoms with E-state index in [1.807, 2.05) is 53.9 Å². The maximum absolute atomic E-state index is 13.1. The maximum Gasteiger partial charge on any atom is 0.282 e. The average molecular weight is 425 g/mol. The number of carbonyl (C=O) groups excluding carboxylic acids is 2. The van der Waals surface area contributed by atoms with Crippen LogP contribution in [0, 0.1) is 0 Å². The number of carbonyl (C=O) groups is 2. The summed E-state index contributed by atoms with van der Waals surface area (Å²) in [6.07, 6.45) is 0. The minimum Gasteiger partial charge on any atom is -0.350 e. The third-order valence-corrected chi connectivity index (χ3v) is 5.34. The molecule has 4 rings (SSSR count). The van der Waals surface area contributed by atoms with Crippen LogP contribution in [0.3, 0.4) is 0 Å². The lowest BCUT2D eigenvalue weighted by Gasteiger charge is -2.15. The number of amides is 2. The van der Waals surface area contributed by atoms with Crippen LogP contribution in [0.4, 0.5) is 11.4 Å². The number of nitrogens with one attached hydrogen (secondary N) is 1. The van der Waals surface area contributed by atoms with Crippen molar-refractivity contribution in [2.24, 2.45) is 0 Å². The molecule has 1 N–H and O–H groups in total. The predicted octanol–water partition coefficient (Wildman–Crippen LogP) is 4.91. The first-order valence-corrected chi connectivity index (χ1v) is 9.57. The molecule has 1 aliphatic rings. The molecule has 0 fully saturated rings. The van der Waals surface area contributed by atoms with Crippen LogP contribution in [-0.4, -0.2) is 11.8 Å². The van der Waals surface area contributed by atoms with Crippen LogP contribution in [0.25, 0.3) is 5.57 Å². The van der Waals surface area contributed by atoms with E-state index in [2.05, 4.69) is 21.2 Å². The van der Waals surface area contributed by atoms with Gasteiger partial charge < -0.3 is 5.32 Å². The summed E-state index contributed by atoms with van der Waals surface area (Å²) < 4.78 is 0.803. The van der Waals surface area contributed by atoms with Gasteiger partial charge in [0.2, 0.25) is 0 Å². The van der Waals surface area contributed by atoms with Gasteiger partial charge >= 0.3 is 0 Å². The van der Waals surface area contributed by atoms with Crippen LogP contribution in [-0.2, 0) is 9.59 Å².